The molecular weight excluding hydrogens is 377 g/mol. The number of benzene rings is 1. The normalized spacial score (nSPS) is 16.3. The molecule has 1 aromatic heterocycles. The van der Waals surface area contributed by atoms with E-state index in [1.54, 1.807) is 36.9 Å². The van der Waals surface area contributed by atoms with Crippen LogP contribution in [-0.2, 0) is 11.8 Å². The Hall–Kier alpha value is -1.83. The maximum atomic E-state index is 12.4. The first-order valence-corrected chi connectivity index (χ1v) is 9.23. The van der Waals surface area contributed by atoms with Crippen LogP contribution in [0.1, 0.15) is 31.5 Å². The van der Waals surface area contributed by atoms with E-state index in [2.05, 4.69) is 20.7 Å². The van der Waals surface area contributed by atoms with Gasteiger partial charge in [0.2, 0.25) is 5.95 Å². The minimum atomic E-state index is -0.747. The summed E-state index contributed by atoms with van der Waals surface area (Å²) >= 11 is 11.9. The third-order valence-corrected chi connectivity index (χ3v) is 4.67. The molecule has 1 fully saturated rings. The standard InChI is InChI=1S/C17H21Cl2N5O2/c1-10(26-14-8-12(18)7-13(19)9-14)16(25)22-17-21-15(23-24(17)2)11-3-5-20-6-4-11/h7-11,20H,3-6H2,1-2H3,(H,21,22,23,25). The second-order valence-corrected chi connectivity index (χ2v) is 7.17. The Balaban J connectivity index is 1.64. The van der Waals surface area contributed by atoms with Gasteiger partial charge >= 0.3 is 0 Å². The van der Waals surface area contributed by atoms with Crippen LogP contribution in [0, 0.1) is 0 Å². The molecule has 1 aliphatic heterocycles. The van der Waals surface area contributed by atoms with Crippen molar-refractivity contribution in [1.29, 1.82) is 0 Å². The number of amides is 1. The van der Waals surface area contributed by atoms with Crippen LogP contribution in [0.25, 0.3) is 0 Å². The summed E-state index contributed by atoms with van der Waals surface area (Å²) in [5, 5.41) is 11.4. The highest BCUT2D eigenvalue weighted by Gasteiger charge is 2.23. The fraction of sp³-hybridized carbons (Fsp3) is 0.471. The topological polar surface area (TPSA) is 81.1 Å². The molecule has 1 aliphatic rings. The number of hydrogen-bond acceptors (Lipinski definition) is 5. The number of rotatable bonds is 5. The quantitative estimate of drug-likeness (QED) is 0.810. The molecule has 1 atom stereocenters. The number of ether oxygens (including phenoxy) is 1. The molecule has 2 N–H and O–H groups in total. The molecule has 0 spiro atoms. The number of anilines is 1. The summed E-state index contributed by atoms with van der Waals surface area (Å²) in [6, 6.07) is 4.81. The molecule has 1 amide bonds. The third kappa shape index (κ3) is 4.66. The van der Waals surface area contributed by atoms with Crippen LogP contribution in [-0.4, -0.2) is 39.9 Å². The van der Waals surface area contributed by atoms with Gasteiger partial charge < -0.3 is 10.1 Å². The maximum Gasteiger partial charge on any atom is 0.267 e. The van der Waals surface area contributed by atoms with E-state index < -0.39 is 6.10 Å². The van der Waals surface area contributed by atoms with Gasteiger partial charge in [0.05, 0.1) is 0 Å². The van der Waals surface area contributed by atoms with Crippen molar-refractivity contribution >= 4 is 35.1 Å². The smallest absolute Gasteiger partial charge is 0.267 e. The minimum Gasteiger partial charge on any atom is -0.481 e. The van der Waals surface area contributed by atoms with Crippen molar-refractivity contribution < 1.29 is 9.53 Å². The van der Waals surface area contributed by atoms with Gasteiger partial charge in [-0.05, 0) is 51.1 Å². The molecule has 3 rings (SSSR count). The number of carbonyl (C=O) groups is 1. The highest BCUT2D eigenvalue weighted by molar-refractivity contribution is 6.34. The fourth-order valence-electron chi connectivity index (χ4n) is 2.83. The predicted molar refractivity (Wildman–Crippen MR) is 101 cm³/mol. The monoisotopic (exact) mass is 397 g/mol. The first-order chi connectivity index (χ1) is 12.4. The lowest BCUT2D eigenvalue weighted by atomic mass is 9.98. The molecule has 7 nitrogen and oxygen atoms in total. The second-order valence-electron chi connectivity index (χ2n) is 6.30. The third-order valence-electron chi connectivity index (χ3n) is 4.24. The van der Waals surface area contributed by atoms with Crippen LogP contribution in [0.2, 0.25) is 10.0 Å². The van der Waals surface area contributed by atoms with Crippen molar-refractivity contribution in [3.8, 4) is 5.75 Å². The number of piperidine rings is 1. The van der Waals surface area contributed by atoms with E-state index >= 15 is 0 Å². The van der Waals surface area contributed by atoms with E-state index in [1.165, 1.54) is 0 Å². The zero-order chi connectivity index (χ0) is 18.7. The number of aryl methyl sites for hydroxylation is 1. The van der Waals surface area contributed by atoms with Crippen molar-refractivity contribution in [3.63, 3.8) is 0 Å². The molecule has 0 radical (unpaired) electrons. The maximum absolute atomic E-state index is 12.4. The summed E-state index contributed by atoms with van der Waals surface area (Å²) in [6.07, 6.45) is 1.24. The Kier molecular flexibility index (Phi) is 6.01. The van der Waals surface area contributed by atoms with Crippen molar-refractivity contribution in [2.45, 2.75) is 31.8 Å². The second kappa shape index (κ2) is 8.24. The van der Waals surface area contributed by atoms with Crippen molar-refractivity contribution in [2.24, 2.45) is 7.05 Å². The first kappa shape index (κ1) is 18.9. The lowest BCUT2D eigenvalue weighted by molar-refractivity contribution is -0.122. The molecule has 26 heavy (non-hydrogen) atoms. The van der Waals surface area contributed by atoms with E-state index in [1.807, 2.05) is 0 Å². The summed E-state index contributed by atoms with van der Waals surface area (Å²) < 4.78 is 7.21. The molecule has 0 saturated carbocycles. The Morgan fingerprint density at radius 1 is 1.31 bits per heavy atom. The van der Waals surface area contributed by atoms with Gasteiger partial charge in [-0.25, -0.2) is 4.68 Å². The molecule has 0 bridgehead atoms. The molecule has 2 aromatic rings. The van der Waals surface area contributed by atoms with Gasteiger partial charge in [-0.1, -0.05) is 23.2 Å². The molecule has 9 heteroatoms. The Morgan fingerprint density at radius 3 is 2.62 bits per heavy atom. The van der Waals surface area contributed by atoms with Gasteiger partial charge in [0.25, 0.3) is 5.91 Å². The molecule has 1 unspecified atom stereocenters. The largest absolute Gasteiger partial charge is 0.481 e. The summed E-state index contributed by atoms with van der Waals surface area (Å²) in [5.41, 5.74) is 0. The zero-order valence-electron chi connectivity index (χ0n) is 14.6. The number of hydrogen-bond donors (Lipinski definition) is 2. The highest BCUT2D eigenvalue weighted by atomic mass is 35.5. The van der Waals surface area contributed by atoms with E-state index in [-0.39, 0.29) is 5.91 Å². The van der Waals surface area contributed by atoms with Crippen LogP contribution < -0.4 is 15.4 Å². The van der Waals surface area contributed by atoms with Gasteiger partial charge in [0.15, 0.2) is 11.9 Å². The predicted octanol–water partition coefficient (Wildman–Crippen LogP) is 2.99. The zero-order valence-corrected chi connectivity index (χ0v) is 16.1. The molecule has 1 aromatic carbocycles. The Labute approximate surface area is 162 Å². The van der Waals surface area contributed by atoms with Crippen molar-refractivity contribution in [1.82, 2.24) is 20.1 Å². The Bertz CT molecular complexity index is 769. The van der Waals surface area contributed by atoms with Crippen LogP contribution in [0.5, 0.6) is 5.75 Å². The average Bonchev–Trinajstić information content (AvgIpc) is 2.95. The lowest BCUT2D eigenvalue weighted by Gasteiger charge is -2.19. The first-order valence-electron chi connectivity index (χ1n) is 8.47. The van der Waals surface area contributed by atoms with Gasteiger partial charge in [-0.2, -0.15) is 10.1 Å². The highest BCUT2D eigenvalue weighted by Crippen LogP contribution is 2.25. The van der Waals surface area contributed by atoms with Crippen LogP contribution in [0.15, 0.2) is 18.2 Å². The van der Waals surface area contributed by atoms with Crippen LogP contribution >= 0.6 is 23.2 Å². The molecular formula is C17H21Cl2N5O2. The number of nitrogens with zero attached hydrogens (tertiary/aromatic N) is 3. The van der Waals surface area contributed by atoms with E-state index in [9.17, 15) is 4.79 Å². The molecule has 1 saturated heterocycles. The number of halogens is 2. The van der Waals surface area contributed by atoms with Gasteiger partial charge in [-0.15, -0.1) is 0 Å². The summed E-state index contributed by atoms with van der Waals surface area (Å²) in [4.78, 5) is 16.9. The molecule has 140 valence electrons. The van der Waals surface area contributed by atoms with Crippen LogP contribution in [0.3, 0.4) is 0 Å². The Morgan fingerprint density at radius 2 is 1.96 bits per heavy atom. The van der Waals surface area contributed by atoms with E-state index in [0.717, 1.165) is 31.8 Å². The SMILES string of the molecule is CC(Oc1cc(Cl)cc(Cl)c1)C(=O)Nc1nc(C2CCNCC2)nn1C. The van der Waals surface area contributed by atoms with E-state index in [0.29, 0.717) is 27.7 Å². The van der Waals surface area contributed by atoms with Gasteiger partial charge in [-0.3, -0.25) is 10.1 Å². The van der Waals surface area contributed by atoms with Crippen molar-refractivity contribution in [3.05, 3.63) is 34.1 Å². The summed E-state index contributed by atoms with van der Waals surface area (Å²) in [5.74, 6) is 1.59. The number of carbonyl (C=O) groups excluding carboxylic acids is 1. The average molecular weight is 398 g/mol. The van der Waals surface area contributed by atoms with Crippen LogP contribution in [0.4, 0.5) is 5.95 Å². The van der Waals surface area contributed by atoms with Gasteiger partial charge in [0, 0.05) is 23.0 Å². The fourth-order valence-corrected chi connectivity index (χ4v) is 3.34. The van der Waals surface area contributed by atoms with Crippen molar-refractivity contribution in [2.75, 3.05) is 18.4 Å². The molecule has 0 aliphatic carbocycles. The van der Waals surface area contributed by atoms with Gasteiger partial charge in [0.1, 0.15) is 5.75 Å². The minimum absolute atomic E-state index is 0.315. The lowest BCUT2D eigenvalue weighted by Crippen LogP contribution is -2.31. The number of nitrogens with one attached hydrogen (secondary N) is 2. The number of aromatic nitrogens is 3. The summed E-state index contributed by atoms with van der Waals surface area (Å²) in [7, 11) is 1.76. The summed E-state index contributed by atoms with van der Waals surface area (Å²) in [6.45, 7) is 3.56. The molecule has 2 heterocycles. The van der Waals surface area contributed by atoms with E-state index in [4.69, 9.17) is 27.9 Å².